The Morgan fingerprint density at radius 3 is 2.80 bits per heavy atom. The van der Waals surface area contributed by atoms with Gasteiger partial charge in [0.15, 0.2) is 0 Å². The summed E-state index contributed by atoms with van der Waals surface area (Å²) in [5.41, 5.74) is 5.69. The van der Waals surface area contributed by atoms with Gasteiger partial charge >= 0.3 is 0 Å². The van der Waals surface area contributed by atoms with Crippen LogP contribution in [0.2, 0.25) is 0 Å². The molecule has 2 N–H and O–H groups in total. The van der Waals surface area contributed by atoms with Gasteiger partial charge in [-0.05, 0) is 31.1 Å². The highest BCUT2D eigenvalue weighted by Crippen LogP contribution is 2.28. The first kappa shape index (κ1) is 14.6. The summed E-state index contributed by atoms with van der Waals surface area (Å²) >= 11 is 0. The number of anilines is 2. The zero-order valence-electron chi connectivity index (χ0n) is 12.1. The highest BCUT2D eigenvalue weighted by molar-refractivity contribution is 5.54. The molecule has 1 aromatic rings. The SMILES string of the molecule is CC(C)C1CCCN(c2cc([N+](=O)[O-])cc(N)n2)CC1. The zero-order valence-corrected chi connectivity index (χ0v) is 12.1. The van der Waals surface area contributed by atoms with Crippen LogP contribution in [0, 0.1) is 22.0 Å². The molecule has 20 heavy (non-hydrogen) atoms. The summed E-state index contributed by atoms with van der Waals surface area (Å²) in [5, 5.41) is 10.9. The van der Waals surface area contributed by atoms with Gasteiger partial charge in [0.2, 0.25) is 0 Å². The van der Waals surface area contributed by atoms with Gasteiger partial charge in [0.25, 0.3) is 5.69 Å². The molecule has 1 aliphatic heterocycles. The quantitative estimate of drug-likeness (QED) is 0.678. The molecular formula is C14H22N4O2. The van der Waals surface area contributed by atoms with Gasteiger partial charge in [-0.3, -0.25) is 10.1 Å². The minimum Gasteiger partial charge on any atom is -0.383 e. The van der Waals surface area contributed by atoms with Gasteiger partial charge in [0.05, 0.1) is 17.1 Å². The van der Waals surface area contributed by atoms with E-state index in [4.69, 9.17) is 5.73 Å². The smallest absolute Gasteiger partial charge is 0.276 e. The number of nitro groups is 1. The molecule has 1 aromatic heterocycles. The summed E-state index contributed by atoms with van der Waals surface area (Å²) in [6.45, 7) is 6.28. The van der Waals surface area contributed by atoms with Crippen LogP contribution >= 0.6 is 0 Å². The normalized spacial score (nSPS) is 19.9. The maximum atomic E-state index is 10.9. The average Bonchev–Trinajstić information content (AvgIpc) is 2.63. The standard InChI is InChI=1S/C14H22N4O2/c1-10(2)11-4-3-6-17(7-5-11)14-9-12(18(19)20)8-13(15)16-14/h8-11H,3-7H2,1-2H3,(H2,15,16). The molecule has 0 spiro atoms. The Balaban J connectivity index is 2.17. The van der Waals surface area contributed by atoms with Gasteiger partial charge < -0.3 is 10.6 Å². The fourth-order valence-corrected chi connectivity index (χ4v) is 2.81. The third-order valence-corrected chi connectivity index (χ3v) is 4.07. The second-order valence-electron chi connectivity index (χ2n) is 5.79. The molecule has 1 unspecified atom stereocenters. The van der Waals surface area contributed by atoms with E-state index in [0.29, 0.717) is 11.7 Å². The van der Waals surface area contributed by atoms with Crippen molar-refractivity contribution in [1.29, 1.82) is 0 Å². The van der Waals surface area contributed by atoms with Crippen molar-refractivity contribution < 1.29 is 4.92 Å². The van der Waals surface area contributed by atoms with Crippen LogP contribution in [0.25, 0.3) is 0 Å². The van der Waals surface area contributed by atoms with Crippen LogP contribution in [-0.4, -0.2) is 23.0 Å². The second kappa shape index (κ2) is 6.07. The maximum Gasteiger partial charge on any atom is 0.276 e. The topological polar surface area (TPSA) is 85.3 Å². The molecule has 6 heteroatoms. The van der Waals surface area contributed by atoms with Gasteiger partial charge in [-0.15, -0.1) is 0 Å². The summed E-state index contributed by atoms with van der Waals surface area (Å²) in [6.07, 6.45) is 3.40. The number of rotatable bonds is 3. The van der Waals surface area contributed by atoms with E-state index in [1.807, 2.05) is 0 Å². The third-order valence-electron chi connectivity index (χ3n) is 4.07. The molecule has 1 fully saturated rings. The maximum absolute atomic E-state index is 10.9. The van der Waals surface area contributed by atoms with Crippen molar-refractivity contribution in [3.8, 4) is 0 Å². The molecule has 6 nitrogen and oxygen atoms in total. The van der Waals surface area contributed by atoms with E-state index in [2.05, 4.69) is 23.7 Å². The summed E-state index contributed by atoms with van der Waals surface area (Å²) in [6, 6.07) is 2.82. The molecular weight excluding hydrogens is 256 g/mol. The highest BCUT2D eigenvalue weighted by Gasteiger charge is 2.21. The predicted octanol–water partition coefficient (Wildman–Crippen LogP) is 2.83. The van der Waals surface area contributed by atoms with E-state index in [1.165, 1.54) is 18.6 Å². The average molecular weight is 278 g/mol. The van der Waals surface area contributed by atoms with E-state index in [1.54, 1.807) is 0 Å². The van der Waals surface area contributed by atoms with Gasteiger partial charge in [-0.1, -0.05) is 13.8 Å². The molecule has 0 aromatic carbocycles. The number of pyridine rings is 1. The molecule has 1 saturated heterocycles. The molecule has 1 atom stereocenters. The number of nitrogen functional groups attached to an aromatic ring is 1. The third kappa shape index (κ3) is 3.37. The molecule has 0 radical (unpaired) electrons. The fraction of sp³-hybridized carbons (Fsp3) is 0.643. The van der Waals surface area contributed by atoms with Crippen LogP contribution in [0.15, 0.2) is 12.1 Å². The first-order valence-corrected chi connectivity index (χ1v) is 7.14. The van der Waals surface area contributed by atoms with Crippen LogP contribution in [0.4, 0.5) is 17.3 Å². The van der Waals surface area contributed by atoms with Crippen molar-refractivity contribution in [3.63, 3.8) is 0 Å². The fourth-order valence-electron chi connectivity index (χ4n) is 2.81. The molecule has 2 heterocycles. The summed E-state index contributed by atoms with van der Waals surface area (Å²) in [4.78, 5) is 16.8. The van der Waals surface area contributed by atoms with E-state index < -0.39 is 4.92 Å². The lowest BCUT2D eigenvalue weighted by Crippen LogP contribution is -2.25. The van der Waals surface area contributed by atoms with Gasteiger partial charge in [0, 0.05) is 13.1 Å². The van der Waals surface area contributed by atoms with E-state index in [-0.39, 0.29) is 11.5 Å². The van der Waals surface area contributed by atoms with Crippen molar-refractivity contribution in [2.75, 3.05) is 23.7 Å². The molecule has 110 valence electrons. The van der Waals surface area contributed by atoms with Crippen molar-refractivity contribution in [2.24, 2.45) is 11.8 Å². The first-order valence-electron chi connectivity index (χ1n) is 7.14. The van der Waals surface area contributed by atoms with Crippen molar-refractivity contribution in [2.45, 2.75) is 33.1 Å². The molecule has 0 saturated carbocycles. The van der Waals surface area contributed by atoms with Gasteiger partial charge in [-0.2, -0.15) is 0 Å². The Labute approximate surface area is 119 Å². The number of aromatic nitrogens is 1. The van der Waals surface area contributed by atoms with Crippen molar-refractivity contribution in [3.05, 3.63) is 22.2 Å². The Bertz CT molecular complexity index is 490. The Hall–Kier alpha value is -1.85. The van der Waals surface area contributed by atoms with Crippen LogP contribution in [-0.2, 0) is 0 Å². The Kier molecular flexibility index (Phi) is 4.42. The van der Waals surface area contributed by atoms with E-state index in [0.717, 1.165) is 31.8 Å². The van der Waals surface area contributed by atoms with Crippen molar-refractivity contribution in [1.82, 2.24) is 4.98 Å². The highest BCUT2D eigenvalue weighted by atomic mass is 16.6. The molecule has 1 aliphatic rings. The van der Waals surface area contributed by atoms with Crippen LogP contribution in [0.5, 0.6) is 0 Å². The van der Waals surface area contributed by atoms with Crippen LogP contribution in [0.3, 0.4) is 0 Å². The van der Waals surface area contributed by atoms with Gasteiger partial charge in [-0.25, -0.2) is 4.98 Å². The largest absolute Gasteiger partial charge is 0.383 e. The summed E-state index contributed by atoms with van der Waals surface area (Å²) < 4.78 is 0. The zero-order chi connectivity index (χ0) is 14.7. The monoisotopic (exact) mass is 278 g/mol. The lowest BCUT2D eigenvalue weighted by atomic mass is 9.89. The molecule has 2 rings (SSSR count). The Morgan fingerprint density at radius 2 is 2.15 bits per heavy atom. The second-order valence-corrected chi connectivity index (χ2v) is 5.79. The summed E-state index contributed by atoms with van der Waals surface area (Å²) in [5.74, 6) is 2.23. The lowest BCUT2D eigenvalue weighted by molar-refractivity contribution is -0.384. The summed E-state index contributed by atoms with van der Waals surface area (Å²) in [7, 11) is 0. The minimum atomic E-state index is -0.420. The van der Waals surface area contributed by atoms with Crippen LogP contribution < -0.4 is 10.6 Å². The van der Waals surface area contributed by atoms with Crippen LogP contribution in [0.1, 0.15) is 33.1 Å². The number of nitrogens with two attached hydrogens (primary N) is 1. The van der Waals surface area contributed by atoms with Crippen molar-refractivity contribution >= 4 is 17.3 Å². The first-order chi connectivity index (χ1) is 9.47. The molecule has 0 amide bonds. The van der Waals surface area contributed by atoms with Gasteiger partial charge in [0.1, 0.15) is 11.6 Å². The minimum absolute atomic E-state index is 0.0113. The predicted molar refractivity (Wildman–Crippen MR) is 79.7 cm³/mol. The number of nitrogens with zero attached hydrogens (tertiary/aromatic N) is 3. The van der Waals surface area contributed by atoms with E-state index in [9.17, 15) is 10.1 Å². The molecule has 0 aliphatic carbocycles. The number of hydrogen-bond donors (Lipinski definition) is 1. The lowest BCUT2D eigenvalue weighted by Gasteiger charge is -2.22. The number of hydrogen-bond acceptors (Lipinski definition) is 5. The molecule has 0 bridgehead atoms. The Morgan fingerprint density at radius 1 is 1.40 bits per heavy atom. The van der Waals surface area contributed by atoms with E-state index >= 15 is 0 Å².